The molecule has 116 valence electrons. The van der Waals surface area contributed by atoms with Crippen molar-refractivity contribution in [3.05, 3.63) is 18.0 Å². The molecule has 0 aliphatic heterocycles. The Bertz CT molecular complexity index is 504. The number of carbonyl (C=O) groups excluding carboxylic acids is 1. The molecular weight excluding hydrogens is 270 g/mol. The Kier molecular flexibility index (Phi) is 4.98. The van der Waals surface area contributed by atoms with Crippen molar-refractivity contribution in [2.24, 2.45) is 12.5 Å². The summed E-state index contributed by atoms with van der Waals surface area (Å²) in [5.74, 6) is -0.993. The first-order valence-electron chi connectivity index (χ1n) is 7.49. The number of amides is 1. The minimum Gasteiger partial charge on any atom is -0.481 e. The van der Waals surface area contributed by atoms with Crippen LogP contribution in [0.15, 0.2) is 12.4 Å². The van der Waals surface area contributed by atoms with Gasteiger partial charge in [-0.05, 0) is 24.8 Å². The Labute approximate surface area is 124 Å². The van der Waals surface area contributed by atoms with Gasteiger partial charge in [0, 0.05) is 26.2 Å². The second kappa shape index (κ2) is 6.74. The Hall–Kier alpha value is -1.85. The number of aromatic nitrogens is 2. The largest absolute Gasteiger partial charge is 0.481 e. The molecule has 1 aromatic heterocycles. The van der Waals surface area contributed by atoms with E-state index in [2.05, 4.69) is 10.4 Å². The summed E-state index contributed by atoms with van der Waals surface area (Å²) >= 11 is 0. The van der Waals surface area contributed by atoms with Gasteiger partial charge in [0.25, 0.3) is 0 Å². The maximum atomic E-state index is 12.0. The molecule has 1 heterocycles. The van der Waals surface area contributed by atoms with Crippen LogP contribution in [0.2, 0.25) is 0 Å². The summed E-state index contributed by atoms with van der Waals surface area (Å²) in [5.41, 5.74) is 0.208. The van der Waals surface area contributed by atoms with Crippen LogP contribution in [0.1, 0.15) is 44.1 Å². The molecular formula is C15H23N3O3. The monoisotopic (exact) mass is 293 g/mol. The number of hydrogen-bond donors (Lipinski definition) is 2. The Morgan fingerprint density at radius 1 is 1.38 bits per heavy atom. The van der Waals surface area contributed by atoms with E-state index in [1.54, 1.807) is 10.9 Å². The van der Waals surface area contributed by atoms with E-state index in [0.717, 1.165) is 24.8 Å². The van der Waals surface area contributed by atoms with Crippen LogP contribution in [-0.2, 0) is 23.1 Å². The van der Waals surface area contributed by atoms with Gasteiger partial charge in [0.05, 0.1) is 11.6 Å². The molecule has 0 radical (unpaired) electrons. The zero-order valence-electron chi connectivity index (χ0n) is 12.5. The number of hydrogen-bond acceptors (Lipinski definition) is 3. The molecule has 0 unspecified atom stereocenters. The maximum Gasteiger partial charge on any atom is 0.310 e. The van der Waals surface area contributed by atoms with Gasteiger partial charge >= 0.3 is 5.97 Å². The van der Waals surface area contributed by atoms with Crippen LogP contribution in [0.25, 0.3) is 0 Å². The molecule has 0 atom stereocenters. The lowest BCUT2D eigenvalue weighted by atomic mass is 9.71. The van der Waals surface area contributed by atoms with E-state index >= 15 is 0 Å². The summed E-state index contributed by atoms with van der Waals surface area (Å²) in [7, 11) is 1.85. The van der Waals surface area contributed by atoms with Gasteiger partial charge in [-0.25, -0.2) is 0 Å². The SMILES string of the molecule is Cn1cc(CCNC(=O)CC2(C(=O)O)CCCCC2)cn1. The number of carboxylic acids is 1. The Morgan fingerprint density at radius 3 is 2.67 bits per heavy atom. The van der Waals surface area contributed by atoms with Gasteiger partial charge in [-0.1, -0.05) is 19.3 Å². The van der Waals surface area contributed by atoms with Gasteiger partial charge in [-0.2, -0.15) is 5.10 Å². The highest BCUT2D eigenvalue weighted by molar-refractivity contribution is 5.85. The number of rotatable bonds is 6. The minimum absolute atomic E-state index is 0.0926. The average molecular weight is 293 g/mol. The second-order valence-electron chi connectivity index (χ2n) is 5.95. The molecule has 1 amide bonds. The Balaban J connectivity index is 1.81. The van der Waals surface area contributed by atoms with Gasteiger partial charge in [0.15, 0.2) is 0 Å². The zero-order valence-corrected chi connectivity index (χ0v) is 12.5. The first-order valence-corrected chi connectivity index (χ1v) is 7.49. The summed E-state index contributed by atoms with van der Waals surface area (Å²) in [4.78, 5) is 23.5. The molecule has 1 fully saturated rings. The smallest absolute Gasteiger partial charge is 0.310 e. The lowest BCUT2D eigenvalue weighted by Gasteiger charge is -2.32. The molecule has 1 aliphatic carbocycles. The third-order valence-corrected chi connectivity index (χ3v) is 4.26. The summed E-state index contributed by atoms with van der Waals surface area (Å²) in [6.45, 7) is 0.514. The summed E-state index contributed by atoms with van der Waals surface area (Å²) in [5, 5.41) is 16.3. The van der Waals surface area contributed by atoms with Crippen LogP contribution in [0.3, 0.4) is 0 Å². The quantitative estimate of drug-likeness (QED) is 0.832. The maximum absolute atomic E-state index is 12.0. The molecule has 1 aliphatic rings. The third kappa shape index (κ3) is 4.06. The molecule has 0 saturated heterocycles. The predicted octanol–water partition coefficient (Wildman–Crippen LogP) is 1.50. The highest BCUT2D eigenvalue weighted by Crippen LogP contribution is 2.39. The van der Waals surface area contributed by atoms with Crippen molar-refractivity contribution in [3.8, 4) is 0 Å². The summed E-state index contributed by atoms with van der Waals surface area (Å²) in [6.07, 6.45) is 8.56. The average Bonchev–Trinajstić information content (AvgIpc) is 2.85. The number of nitrogens with zero attached hydrogens (tertiary/aromatic N) is 2. The normalized spacial score (nSPS) is 17.4. The first kappa shape index (κ1) is 15.5. The summed E-state index contributed by atoms with van der Waals surface area (Å²) in [6, 6.07) is 0. The summed E-state index contributed by atoms with van der Waals surface area (Å²) < 4.78 is 1.72. The molecule has 2 N–H and O–H groups in total. The highest BCUT2D eigenvalue weighted by atomic mass is 16.4. The van der Waals surface area contributed by atoms with Crippen LogP contribution >= 0.6 is 0 Å². The lowest BCUT2D eigenvalue weighted by Crippen LogP contribution is -2.39. The predicted molar refractivity (Wildman–Crippen MR) is 77.7 cm³/mol. The van der Waals surface area contributed by atoms with E-state index in [9.17, 15) is 14.7 Å². The van der Waals surface area contributed by atoms with Crippen molar-refractivity contribution < 1.29 is 14.7 Å². The highest BCUT2D eigenvalue weighted by Gasteiger charge is 2.41. The number of carbonyl (C=O) groups is 2. The van der Waals surface area contributed by atoms with E-state index < -0.39 is 11.4 Å². The van der Waals surface area contributed by atoms with Crippen molar-refractivity contribution in [2.75, 3.05) is 6.54 Å². The van der Waals surface area contributed by atoms with Gasteiger partial charge in [-0.3, -0.25) is 14.3 Å². The molecule has 2 rings (SSSR count). The Morgan fingerprint density at radius 2 is 2.10 bits per heavy atom. The van der Waals surface area contributed by atoms with Crippen molar-refractivity contribution in [1.82, 2.24) is 15.1 Å². The van der Waals surface area contributed by atoms with E-state index in [1.165, 1.54) is 0 Å². The van der Waals surface area contributed by atoms with Gasteiger partial charge in [0.2, 0.25) is 5.91 Å². The van der Waals surface area contributed by atoms with Crippen molar-refractivity contribution >= 4 is 11.9 Å². The molecule has 6 nitrogen and oxygen atoms in total. The third-order valence-electron chi connectivity index (χ3n) is 4.26. The molecule has 6 heteroatoms. The van der Waals surface area contributed by atoms with Crippen molar-refractivity contribution in [1.29, 1.82) is 0 Å². The van der Waals surface area contributed by atoms with Crippen LogP contribution in [0.5, 0.6) is 0 Å². The molecule has 0 bridgehead atoms. The second-order valence-corrected chi connectivity index (χ2v) is 5.95. The van der Waals surface area contributed by atoms with Crippen molar-refractivity contribution in [3.63, 3.8) is 0 Å². The number of aliphatic carboxylic acids is 1. The van der Waals surface area contributed by atoms with Crippen LogP contribution in [0, 0.1) is 5.41 Å². The number of nitrogens with one attached hydrogen (secondary N) is 1. The van der Waals surface area contributed by atoms with Crippen LogP contribution in [-0.4, -0.2) is 33.3 Å². The van der Waals surface area contributed by atoms with Gasteiger partial charge in [-0.15, -0.1) is 0 Å². The molecule has 21 heavy (non-hydrogen) atoms. The zero-order chi connectivity index (χ0) is 15.3. The van der Waals surface area contributed by atoms with E-state index in [-0.39, 0.29) is 12.3 Å². The van der Waals surface area contributed by atoms with E-state index in [4.69, 9.17) is 0 Å². The van der Waals surface area contributed by atoms with Crippen LogP contribution in [0.4, 0.5) is 0 Å². The standard InChI is InChI=1S/C15H23N3O3/c1-18-11-12(10-17-18)5-8-16-13(19)9-15(14(20)21)6-3-2-4-7-15/h10-11H,2-9H2,1H3,(H,16,19)(H,20,21). The number of aryl methyl sites for hydroxylation is 1. The lowest BCUT2D eigenvalue weighted by molar-refractivity contribution is -0.154. The topological polar surface area (TPSA) is 84.2 Å². The van der Waals surface area contributed by atoms with E-state index in [0.29, 0.717) is 25.8 Å². The number of carboxylic acid groups (broad SMARTS) is 1. The van der Waals surface area contributed by atoms with Gasteiger partial charge in [0.1, 0.15) is 0 Å². The molecule has 1 aromatic rings. The molecule has 0 spiro atoms. The minimum atomic E-state index is -0.851. The fourth-order valence-electron chi connectivity index (χ4n) is 3.01. The van der Waals surface area contributed by atoms with Crippen LogP contribution < -0.4 is 5.32 Å². The molecule has 0 aromatic carbocycles. The molecule has 1 saturated carbocycles. The van der Waals surface area contributed by atoms with E-state index in [1.807, 2.05) is 13.2 Å². The van der Waals surface area contributed by atoms with Gasteiger partial charge < -0.3 is 10.4 Å². The fraction of sp³-hybridized carbons (Fsp3) is 0.667. The van der Waals surface area contributed by atoms with Crippen molar-refractivity contribution in [2.45, 2.75) is 44.9 Å². The first-order chi connectivity index (χ1) is 10.0. The fourth-order valence-corrected chi connectivity index (χ4v) is 3.01.